The molecule has 1 atom stereocenters. The summed E-state index contributed by atoms with van der Waals surface area (Å²) >= 11 is 0. The maximum atomic E-state index is 10.5. The van der Waals surface area contributed by atoms with Crippen LogP contribution in [0.5, 0.6) is 0 Å². The molecule has 108 valence electrons. The number of carbonyl (C=O) groups is 1. The molecule has 0 aliphatic carbocycles. The predicted molar refractivity (Wildman–Crippen MR) is 81.0 cm³/mol. The van der Waals surface area contributed by atoms with Gasteiger partial charge in [-0.05, 0) is 24.5 Å². The molecule has 0 fully saturated rings. The van der Waals surface area contributed by atoms with E-state index in [0.717, 1.165) is 10.9 Å². The van der Waals surface area contributed by atoms with Crippen molar-refractivity contribution in [1.82, 2.24) is 4.98 Å². The smallest absolute Gasteiger partial charge is 0.303 e. The van der Waals surface area contributed by atoms with Gasteiger partial charge in [-0.25, -0.2) is 4.98 Å². The molecule has 5 nitrogen and oxygen atoms in total. The zero-order valence-electron chi connectivity index (χ0n) is 11.8. The van der Waals surface area contributed by atoms with Crippen LogP contribution in [0.3, 0.4) is 0 Å². The first-order valence-electron chi connectivity index (χ1n) is 6.85. The summed E-state index contributed by atoms with van der Waals surface area (Å²) < 4.78 is 0. The SMILES string of the molecule is CC(CCC(=O)O)CNc1nc2ccccc2cc1C#N. The molecule has 2 rings (SSSR count). The number of hydrogen-bond acceptors (Lipinski definition) is 4. The van der Waals surface area contributed by atoms with Crippen molar-refractivity contribution in [2.75, 3.05) is 11.9 Å². The normalized spacial score (nSPS) is 11.8. The minimum atomic E-state index is -0.789. The van der Waals surface area contributed by atoms with Crippen LogP contribution in [0, 0.1) is 17.2 Å². The summed E-state index contributed by atoms with van der Waals surface area (Å²) in [7, 11) is 0. The Hall–Kier alpha value is -2.61. The van der Waals surface area contributed by atoms with Crippen molar-refractivity contribution in [1.29, 1.82) is 5.26 Å². The summed E-state index contributed by atoms with van der Waals surface area (Å²) in [6.45, 7) is 2.57. The highest BCUT2D eigenvalue weighted by Gasteiger charge is 2.09. The quantitative estimate of drug-likeness (QED) is 0.851. The van der Waals surface area contributed by atoms with Crippen LogP contribution in [0.15, 0.2) is 30.3 Å². The molecule has 1 unspecified atom stereocenters. The number of fused-ring (bicyclic) bond motifs is 1. The number of benzene rings is 1. The van der Waals surface area contributed by atoms with Crippen LogP contribution in [0.2, 0.25) is 0 Å². The van der Waals surface area contributed by atoms with E-state index in [1.54, 1.807) is 0 Å². The van der Waals surface area contributed by atoms with Gasteiger partial charge >= 0.3 is 5.97 Å². The maximum Gasteiger partial charge on any atom is 0.303 e. The molecule has 2 N–H and O–H groups in total. The lowest BCUT2D eigenvalue weighted by Gasteiger charge is -2.13. The molecule has 2 aromatic rings. The van der Waals surface area contributed by atoms with Crippen LogP contribution in [0.4, 0.5) is 5.82 Å². The van der Waals surface area contributed by atoms with Gasteiger partial charge in [0, 0.05) is 18.4 Å². The van der Waals surface area contributed by atoms with Crippen molar-refractivity contribution < 1.29 is 9.90 Å². The summed E-state index contributed by atoms with van der Waals surface area (Å²) in [5.74, 6) is -0.0392. The first-order chi connectivity index (χ1) is 10.1. The molecule has 0 aliphatic rings. The molecule has 1 aromatic carbocycles. The number of nitriles is 1. The Bertz CT molecular complexity index is 691. The number of aliphatic carboxylic acids is 1. The van der Waals surface area contributed by atoms with E-state index in [1.165, 1.54) is 0 Å². The van der Waals surface area contributed by atoms with E-state index in [-0.39, 0.29) is 12.3 Å². The summed E-state index contributed by atoms with van der Waals surface area (Å²) in [6, 6.07) is 11.6. The summed E-state index contributed by atoms with van der Waals surface area (Å²) in [4.78, 5) is 15.0. The highest BCUT2D eigenvalue weighted by molar-refractivity contribution is 5.82. The third kappa shape index (κ3) is 3.93. The van der Waals surface area contributed by atoms with Crippen LogP contribution >= 0.6 is 0 Å². The highest BCUT2D eigenvalue weighted by Crippen LogP contribution is 2.20. The van der Waals surface area contributed by atoms with Crippen molar-refractivity contribution in [2.24, 2.45) is 5.92 Å². The third-order valence-electron chi connectivity index (χ3n) is 3.31. The van der Waals surface area contributed by atoms with Crippen molar-refractivity contribution >= 4 is 22.7 Å². The van der Waals surface area contributed by atoms with E-state index in [1.807, 2.05) is 37.3 Å². The second kappa shape index (κ2) is 6.71. The number of anilines is 1. The Kier molecular flexibility index (Phi) is 4.72. The van der Waals surface area contributed by atoms with E-state index < -0.39 is 5.97 Å². The Labute approximate surface area is 123 Å². The number of nitrogens with one attached hydrogen (secondary N) is 1. The van der Waals surface area contributed by atoms with Gasteiger partial charge in [0.2, 0.25) is 0 Å². The van der Waals surface area contributed by atoms with Gasteiger partial charge in [0.25, 0.3) is 0 Å². The minimum Gasteiger partial charge on any atom is -0.481 e. The average Bonchev–Trinajstić information content (AvgIpc) is 2.49. The Morgan fingerprint density at radius 1 is 1.48 bits per heavy atom. The zero-order chi connectivity index (χ0) is 15.2. The summed E-state index contributed by atoms with van der Waals surface area (Å²) in [5.41, 5.74) is 1.33. The fraction of sp³-hybridized carbons (Fsp3) is 0.312. The Morgan fingerprint density at radius 3 is 2.95 bits per heavy atom. The first-order valence-corrected chi connectivity index (χ1v) is 6.85. The third-order valence-corrected chi connectivity index (χ3v) is 3.31. The first kappa shape index (κ1) is 14.8. The molecular formula is C16H17N3O2. The van der Waals surface area contributed by atoms with Gasteiger partial charge in [-0.15, -0.1) is 0 Å². The van der Waals surface area contributed by atoms with Gasteiger partial charge in [-0.1, -0.05) is 25.1 Å². The predicted octanol–water partition coefficient (Wildman–Crippen LogP) is 3.02. The largest absolute Gasteiger partial charge is 0.481 e. The molecule has 0 saturated heterocycles. The molecule has 0 amide bonds. The van der Waals surface area contributed by atoms with E-state index >= 15 is 0 Å². The Balaban J connectivity index is 2.10. The number of carboxylic acids is 1. The van der Waals surface area contributed by atoms with Gasteiger partial charge in [0.15, 0.2) is 0 Å². The maximum absolute atomic E-state index is 10.5. The lowest BCUT2D eigenvalue weighted by Crippen LogP contribution is -2.14. The fourth-order valence-electron chi connectivity index (χ4n) is 2.08. The molecule has 0 bridgehead atoms. The van der Waals surface area contributed by atoms with Crippen LogP contribution < -0.4 is 5.32 Å². The lowest BCUT2D eigenvalue weighted by molar-refractivity contribution is -0.137. The molecule has 0 saturated carbocycles. The lowest BCUT2D eigenvalue weighted by atomic mass is 10.1. The molecular weight excluding hydrogens is 266 g/mol. The number of para-hydroxylation sites is 1. The van der Waals surface area contributed by atoms with Crippen LogP contribution in [-0.4, -0.2) is 22.6 Å². The van der Waals surface area contributed by atoms with Gasteiger partial charge < -0.3 is 10.4 Å². The monoisotopic (exact) mass is 283 g/mol. The van der Waals surface area contributed by atoms with Gasteiger partial charge in [-0.3, -0.25) is 4.79 Å². The topological polar surface area (TPSA) is 86.0 Å². The molecule has 0 radical (unpaired) electrons. The minimum absolute atomic E-state index is 0.152. The molecule has 5 heteroatoms. The molecule has 21 heavy (non-hydrogen) atoms. The number of pyridine rings is 1. The number of nitrogens with zero attached hydrogens (tertiary/aromatic N) is 2. The van der Waals surface area contributed by atoms with Crippen LogP contribution in [-0.2, 0) is 4.79 Å². The second-order valence-corrected chi connectivity index (χ2v) is 5.11. The van der Waals surface area contributed by atoms with E-state index in [2.05, 4.69) is 16.4 Å². The van der Waals surface area contributed by atoms with Crippen molar-refractivity contribution in [3.05, 3.63) is 35.9 Å². The van der Waals surface area contributed by atoms with Crippen molar-refractivity contribution in [3.8, 4) is 6.07 Å². The van der Waals surface area contributed by atoms with Crippen molar-refractivity contribution in [2.45, 2.75) is 19.8 Å². The molecule has 1 aromatic heterocycles. The van der Waals surface area contributed by atoms with Crippen molar-refractivity contribution in [3.63, 3.8) is 0 Å². The highest BCUT2D eigenvalue weighted by atomic mass is 16.4. The molecule has 0 aliphatic heterocycles. The van der Waals surface area contributed by atoms with Gasteiger partial charge in [0.1, 0.15) is 11.9 Å². The fourth-order valence-corrected chi connectivity index (χ4v) is 2.08. The van der Waals surface area contributed by atoms with Gasteiger partial charge in [-0.2, -0.15) is 5.26 Å². The summed E-state index contributed by atoms with van der Waals surface area (Å²) in [5, 5.41) is 22.0. The number of carboxylic acid groups (broad SMARTS) is 1. The standard InChI is InChI=1S/C16H17N3O2/c1-11(6-7-15(20)21)10-18-16-13(9-17)8-12-4-2-3-5-14(12)19-16/h2-5,8,11H,6-7,10H2,1H3,(H,18,19)(H,20,21). The number of hydrogen-bond donors (Lipinski definition) is 2. The van der Waals surface area contributed by atoms with E-state index in [0.29, 0.717) is 24.3 Å². The van der Waals surface area contributed by atoms with Crippen LogP contribution in [0.25, 0.3) is 10.9 Å². The number of aromatic nitrogens is 1. The summed E-state index contributed by atoms with van der Waals surface area (Å²) in [6.07, 6.45) is 0.747. The average molecular weight is 283 g/mol. The molecule has 1 heterocycles. The number of rotatable bonds is 6. The second-order valence-electron chi connectivity index (χ2n) is 5.11. The zero-order valence-corrected chi connectivity index (χ0v) is 11.8. The van der Waals surface area contributed by atoms with Gasteiger partial charge in [0.05, 0.1) is 11.1 Å². The van der Waals surface area contributed by atoms with E-state index in [4.69, 9.17) is 5.11 Å². The Morgan fingerprint density at radius 2 is 2.24 bits per heavy atom. The van der Waals surface area contributed by atoms with Crippen LogP contribution in [0.1, 0.15) is 25.3 Å². The molecule has 0 spiro atoms. The van der Waals surface area contributed by atoms with E-state index in [9.17, 15) is 10.1 Å².